The molecular weight excluding hydrogens is 384 g/mol. The molecular formula is C24H23BrO. The zero-order valence-electron chi connectivity index (χ0n) is 15.2. The highest BCUT2D eigenvalue weighted by atomic mass is 79.9. The average molecular weight is 407 g/mol. The molecule has 0 bridgehead atoms. The molecule has 0 saturated carbocycles. The number of halogens is 1. The van der Waals surface area contributed by atoms with Gasteiger partial charge in [0.2, 0.25) is 0 Å². The van der Waals surface area contributed by atoms with Crippen molar-refractivity contribution in [3.05, 3.63) is 102 Å². The van der Waals surface area contributed by atoms with Crippen molar-refractivity contribution in [3.8, 4) is 5.75 Å². The third-order valence-electron chi connectivity index (χ3n) is 4.28. The fourth-order valence-electron chi connectivity index (χ4n) is 3.17. The molecule has 0 aromatic heterocycles. The van der Waals surface area contributed by atoms with Crippen molar-refractivity contribution in [1.82, 2.24) is 0 Å². The van der Waals surface area contributed by atoms with Crippen LogP contribution in [0.25, 0.3) is 11.1 Å². The first-order valence-corrected chi connectivity index (χ1v) is 9.85. The van der Waals surface area contributed by atoms with E-state index in [1.165, 1.54) is 27.8 Å². The zero-order valence-corrected chi connectivity index (χ0v) is 16.7. The maximum absolute atomic E-state index is 5.73. The van der Waals surface area contributed by atoms with Crippen LogP contribution in [0.3, 0.4) is 0 Å². The van der Waals surface area contributed by atoms with Gasteiger partial charge >= 0.3 is 0 Å². The number of hydrogen-bond donors (Lipinski definition) is 0. The van der Waals surface area contributed by atoms with E-state index >= 15 is 0 Å². The Morgan fingerprint density at radius 3 is 1.77 bits per heavy atom. The molecule has 3 rings (SSSR count). The standard InChI is InChI=1S/C24H23BrO/c1-3-23(19-10-6-4-7-11-19)24(20-12-8-5-9-13-20)21-14-16-22(17-15-21)26-18(2)25/h4-18H,3H2,1-2H3/b24-23-. The van der Waals surface area contributed by atoms with E-state index in [1.54, 1.807) is 0 Å². The summed E-state index contributed by atoms with van der Waals surface area (Å²) in [6.07, 6.45) is 0.963. The summed E-state index contributed by atoms with van der Waals surface area (Å²) in [7, 11) is 0. The van der Waals surface area contributed by atoms with Gasteiger partial charge in [0, 0.05) is 0 Å². The first-order valence-electron chi connectivity index (χ1n) is 8.94. The van der Waals surface area contributed by atoms with Gasteiger partial charge in [-0.1, -0.05) is 79.7 Å². The topological polar surface area (TPSA) is 9.23 Å². The van der Waals surface area contributed by atoms with Gasteiger partial charge in [-0.25, -0.2) is 0 Å². The largest absolute Gasteiger partial charge is 0.480 e. The Labute approximate surface area is 164 Å². The molecule has 1 atom stereocenters. The molecule has 3 aromatic rings. The van der Waals surface area contributed by atoms with E-state index in [0.29, 0.717) is 0 Å². The van der Waals surface area contributed by atoms with Crippen LogP contribution in [0.15, 0.2) is 84.9 Å². The lowest BCUT2D eigenvalue weighted by molar-refractivity contribution is 0.314. The van der Waals surface area contributed by atoms with Crippen molar-refractivity contribution >= 4 is 27.1 Å². The summed E-state index contributed by atoms with van der Waals surface area (Å²) < 4.78 is 5.73. The van der Waals surface area contributed by atoms with Crippen molar-refractivity contribution in [2.24, 2.45) is 0 Å². The summed E-state index contributed by atoms with van der Waals surface area (Å²) in [5.74, 6) is 0.864. The summed E-state index contributed by atoms with van der Waals surface area (Å²) >= 11 is 3.43. The number of allylic oxidation sites excluding steroid dienone is 1. The van der Waals surface area contributed by atoms with Crippen LogP contribution in [0.1, 0.15) is 37.0 Å². The van der Waals surface area contributed by atoms with Gasteiger partial charge in [-0.05, 0) is 69.2 Å². The molecule has 0 aliphatic carbocycles. The van der Waals surface area contributed by atoms with Crippen LogP contribution < -0.4 is 4.74 Å². The molecule has 1 unspecified atom stereocenters. The van der Waals surface area contributed by atoms with Gasteiger partial charge < -0.3 is 4.74 Å². The quantitative estimate of drug-likeness (QED) is 0.311. The second-order valence-corrected chi connectivity index (χ2v) is 7.41. The van der Waals surface area contributed by atoms with Crippen LogP contribution in [0, 0.1) is 0 Å². The minimum absolute atomic E-state index is 0.00647. The van der Waals surface area contributed by atoms with Crippen molar-refractivity contribution in [2.45, 2.75) is 25.3 Å². The second-order valence-electron chi connectivity index (χ2n) is 6.12. The number of ether oxygens (including phenoxy) is 1. The third-order valence-corrected chi connectivity index (χ3v) is 4.47. The van der Waals surface area contributed by atoms with Crippen LogP contribution in [0.5, 0.6) is 5.75 Å². The van der Waals surface area contributed by atoms with E-state index < -0.39 is 0 Å². The molecule has 1 nitrogen and oxygen atoms in total. The van der Waals surface area contributed by atoms with E-state index in [1.807, 2.05) is 19.1 Å². The second kappa shape index (κ2) is 8.86. The van der Waals surface area contributed by atoms with Gasteiger partial charge in [-0.2, -0.15) is 0 Å². The van der Waals surface area contributed by atoms with Crippen molar-refractivity contribution in [1.29, 1.82) is 0 Å². The Morgan fingerprint density at radius 1 is 0.769 bits per heavy atom. The fraction of sp³-hybridized carbons (Fsp3) is 0.167. The van der Waals surface area contributed by atoms with E-state index in [9.17, 15) is 0 Å². The van der Waals surface area contributed by atoms with Crippen molar-refractivity contribution in [2.75, 3.05) is 0 Å². The van der Waals surface area contributed by atoms with Crippen LogP contribution in [-0.2, 0) is 0 Å². The Hall–Kier alpha value is -2.32. The molecule has 132 valence electrons. The molecule has 0 heterocycles. The molecule has 0 aliphatic heterocycles. The summed E-state index contributed by atoms with van der Waals surface area (Å²) in [5, 5.41) is -0.00647. The van der Waals surface area contributed by atoms with Crippen LogP contribution in [0.2, 0.25) is 0 Å². The maximum Gasteiger partial charge on any atom is 0.150 e. The Morgan fingerprint density at radius 2 is 1.27 bits per heavy atom. The van der Waals surface area contributed by atoms with Crippen LogP contribution in [0.4, 0.5) is 0 Å². The zero-order chi connectivity index (χ0) is 18.4. The SMILES string of the molecule is CC/C(=C(\c1ccccc1)c1ccc(OC(C)Br)cc1)c1ccccc1. The molecule has 3 aromatic carbocycles. The predicted octanol–water partition coefficient (Wildman–Crippen LogP) is 7.18. The maximum atomic E-state index is 5.73. The molecule has 0 amide bonds. The number of alkyl halides is 1. The number of rotatable bonds is 6. The molecule has 0 spiro atoms. The minimum atomic E-state index is -0.00647. The molecule has 0 radical (unpaired) electrons. The number of hydrogen-bond acceptors (Lipinski definition) is 1. The highest BCUT2D eigenvalue weighted by Crippen LogP contribution is 2.35. The van der Waals surface area contributed by atoms with Gasteiger partial charge in [0.1, 0.15) is 5.75 Å². The molecule has 2 heteroatoms. The van der Waals surface area contributed by atoms with Crippen LogP contribution >= 0.6 is 15.9 Å². The van der Waals surface area contributed by atoms with E-state index in [-0.39, 0.29) is 5.01 Å². The first kappa shape index (κ1) is 18.5. The van der Waals surface area contributed by atoms with Gasteiger partial charge in [0.05, 0.1) is 0 Å². The van der Waals surface area contributed by atoms with Crippen LogP contribution in [-0.4, -0.2) is 5.01 Å². The highest BCUT2D eigenvalue weighted by molar-refractivity contribution is 9.09. The smallest absolute Gasteiger partial charge is 0.150 e. The molecule has 0 saturated heterocycles. The van der Waals surface area contributed by atoms with Gasteiger partial charge in [-0.15, -0.1) is 0 Å². The predicted molar refractivity (Wildman–Crippen MR) is 115 cm³/mol. The van der Waals surface area contributed by atoms with Gasteiger partial charge in [-0.3, -0.25) is 0 Å². The lowest BCUT2D eigenvalue weighted by Crippen LogP contribution is -2.01. The van der Waals surface area contributed by atoms with Gasteiger partial charge in [0.25, 0.3) is 0 Å². The summed E-state index contributed by atoms with van der Waals surface area (Å²) in [6, 6.07) is 29.6. The van der Waals surface area contributed by atoms with Crippen molar-refractivity contribution in [3.63, 3.8) is 0 Å². The summed E-state index contributed by atoms with van der Waals surface area (Å²) in [5.41, 5.74) is 6.32. The average Bonchev–Trinajstić information content (AvgIpc) is 2.68. The normalized spacial score (nSPS) is 13.0. The Kier molecular flexibility index (Phi) is 6.30. The Bertz CT molecular complexity index is 850. The third kappa shape index (κ3) is 4.44. The van der Waals surface area contributed by atoms with Crippen molar-refractivity contribution < 1.29 is 4.74 Å². The molecule has 26 heavy (non-hydrogen) atoms. The lowest BCUT2D eigenvalue weighted by atomic mass is 9.88. The summed E-state index contributed by atoms with van der Waals surface area (Å²) in [6.45, 7) is 4.18. The fourth-order valence-corrected chi connectivity index (χ4v) is 3.39. The molecule has 0 fully saturated rings. The first-order chi connectivity index (χ1) is 12.7. The lowest BCUT2D eigenvalue weighted by Gasteiger charge is -2.17. The Balaban J connectivity index is 2.14. The van der Waals surface area contributed by atoms with E-state index in [2.05, 4.69) is 95.7 Å². The van der Waals surface area contributed by atoms with E-state index in [0.717, 1.165) is 12.2 Å². The number of benzene rings is 3. The monoisotopic (exact) mass is 406 g/mol. The molecule has 0 N–H and O–H groups in total. The van der Waals surface area contributed by atoms with Gasteiger partial charge in [0.15, 0.2) is 5.01 Å². The summed E-state index contributed by atoms with van der Waals surface area (Å²) in [4.78, 5) is 0. The minimum Gasteiger partial charge on any atom is -0.480 e. The van der Waals surface area contributed by atoms with E-state index in [4.69, 9.17) is 4.74 Å². The highest BCUT2D eigenvalue weighted by Gasteiger charge is 2.13. The molecule has 0 aliphatic rings.